The summed E-state index contributed by atoms with van der Waals surface area (Å²) in [4.78, 5) is 2.44. The molecule has 0 N–H and O–H groups in total. The summed E-state index contributed by atoms with van der Waals surface area (Å²) in [5.41, 5.74) is 10.5. The molecular formula is C41H29NO. The van der Waals surface area contributed by atoms with Crippen molar-refractivity contribution in [3.63, 3.8) is 0 Å². The third kappa shape index (κ3) is 3.47. The topological polar surface area (TPSA) is 16.4 Å². The number of hydrogen-bond acceptors (Lipinski definition) is 2. The lowest BCUT2D eigenvalue weighted by atomic mass is 9.82. The molecular weight excluding hydrogens is 522 g/mol. The number of fused-ring (bicyclic) bond motifs is 9. The number of benzene rings is 7. The van der Waals surface area contributed by atoms with Crippen LogP contribution in [0.2, 0.25) is 0 Å². The summed E-state index contributed by atoms with van der Waals surface area (Å²) in [6.07, 6.45) is 0. The summed E-state index contributed by atoms with van der Waals surface area (Å²) < 4.78 is 6.23. The van der Waals surface area contributed by atoms with Crippen molar-refractivity contribution in [2.24, 2.45) is 0 Å². The Bertz CT molecular complexity index is 2390. The van der Waals surface area contributed by atoms with Gasteiger partial charge in [0.1, 0.15) is 11.2 Å². The van der Waals surface area contributed by atoms with Gasteiger partial charge in [-0.2, -0.15) is 0 Å². The van der Waals surface area contributed by atoms with Crippen molar-refractivity contribution >= 4 is 60.5 Å². The lowest BCUT2D eigenvalue weighted by Gasteiger charge is -2.29. The summed E-state index contributed by atoms with van der Waals surface area (Å²) in [5.74, 6) is 0. The first kappa shape index (κ1) is 24.3. The lowest BCUT2D eigenvalue weighted by Crippen LogP contribution is -2.16. The van der Waals surface area contributed by atoms with Gasteiger partial charge in [-0.1, -0.05) is 111 Å². The molecule has 9 rings (SSSR count). The zero-order chi connectivity index (χ0) is 28.7. The van der Waals surface area contributed by atoms with Crippen LogP contribution >= 0.6 is 0 Å². The van der Waals surface area contributed by atoms with E-state index >= 15 is 0 Å². The molecule has 0 aliphatic heterocycles. The maximum absolute atomic E-state index is 6.23. The highest BCUT2D eigenvalue weighted by atomic mass is 16.3. The van der Waals surface area contributed by atoms with Gasteiger partial charge >= 0.3 is 0 Å². The lowest BCUT2D eigenvalue weighted by molar-refractivity contribution is 0.660. The van der Waals surface area contributed by atoms with E-state index in [1.54, 1.807) is 0 Å². The number of para-hydroxylation sites is 1. The second kappa shape index (κ2) is 8.83. The summed E-state index contributed by atoms with van der Waals surface area (Å²) >= 11 is 0. The second-order valence-electron chi connectivity index (χ2n) is 12.2. The Labute approximate surface area is 250 Å². The summed E-state index contributed by atoms with van der Waals surface area (Å²) in [6, 6.07) is 50.6. The predicted molar refractivity (Wildman–Crippen MR) is 181 cm³/mol. The number of hydrogen-bond donors (Lipinski definition) is 0. The zero-order valence-corrected chi connectivity index (χ0v) is 24.1. The Kier molecular flexibility index (Phi) is 4.99. The van der Waals surface area contributed by atoms with E-state index in [1.807, 2.05) is 12.1 Å². The Morgan fingerprint density at radius 3 is 1.98 bits per heavy atom. The minimum atomic E-state index is -0.0935. The van der Waals surface area contributed by atoms with Crippen molar-refractivity contribution in [1.82, 2.24) is 0 Å². The highest BCUT2D eigenvalue weighted by Crippen LogP contribution is 2.51. The standard InChI is InChI=1S/C41H29NO/c1-41(2)36-17-9-7-14-31(36)32-21-19-28(25-37(32)41)42(27-20-22-40-35(24-27)34-16-8-10-18-39(34)43-40)38-23-26-11-3-4-12-29(26)30-13-5-6-15-33(30)38/h3-25H,1-2H3. The van der Waals surface area contributed by atoms with Crippen LogP contribution in [0.1, 0.15) is 25.0 Å². The maximum atomic E-state index is 6.23. The predicted octanol–water partition coefficient (Wildman–Crippen LogP) is 11.7. The van der Waals surface area contributed by atoms with E-state index in [-0.39, 0.29) is 5.41 Å². The van der Waals surface area contributed by atoms with Gasteiger partial charge in [-0.25, -0.2) is 0 Å². The molecule has 1 heterocycles. The molecule has 204 valence electrons. The summed E-state index contributed by atoms with van der Waals surface area (Å²) in [6.45, 7) is 4.70. The molecule has 2 heteroatoms. The van der Waals surface area contributed by atoms with Gasteiger partial charge in [-0.05, 0) is 80.9 Å². The number of anilines is 3. The first-order chi connectivity index (χ1) is 21.1. The molecule has 0 amide bonds. The van der Waals surface area contributed by atoms with Gasteiger partial charge in [0.05, 0.1) is 5.69 Å². The van der Waals surface area contributed by atoms with Gasteiger partial charge in [-0.15, -0.1) is 0 Å². The second-order valence-corrected chi connectivity index (χ2v) is 12.2. The van der Waals surface area contributed by atoms with Gasteiger partial charge in [0.2, 0.25) is 0 Å². The van der Waals surface area contributed by atoms with E-state index < -0.39 is 0 Å². The van der Waals surface area contributed by atoms with Crippen LogP contribution in [0, 0.1) is 0 Å². The SMILES string of the molecule is CC1(C)c2ccccc2-c2ccc(N(c3ccc4oc5ccccc5c4c3)c3cc4ccccc4c4ccccc34)cc21. The largest absolute Gasteiger partial charge is 0.456 e. The molecule has 0 atom stereocenters. The number of furan rings is 1. The van der Waals surface area contributed by atoms with Crippen LogP contribution < -0.4 is 4.90 Å². The Morgan fingerprint density at radius 1 is 0.465 bits per heavy atom. The van der Waals surface area contributed by atoms with E-state index in [9.17, 15) is 0 Å². The van der Waals surface area contributed by atoms with Crippen molar-refractivity contribution in [2.45, 2.75) is 19.3 Å². The van der Waals surface area contributed by atoms with E-state index in [4.69, 9.17) is 4.42 Å². The van der Waals surface area contributed by atoms with Crippen LogP contribution in [-0.2, 0) is 5.41 Å². The molecule has 1 aliphatic carbocycles. The molecule has 0 saturated heterocycles. The minimum absolute atomic E-state index is 0.0935. The van der Waals surface area contributed by atoms with Gasteiger partial charge in [0, 0.05) is 32.9 Å². The first-order valence-corrected chi connectivity index (χ1v) is 14.9. The third-order valence-corrected chi connectivity index (χ3v) is 9.43. The van der Waals surface area contributed by atoms with Crippen molar-refractivity contribution < 1.29 is 4.42 Å². The average molecular weight is 552 g/mol. The van der Waals surface area contributed by atoms with E-state index in [0.717, 1.165) is 39.0 Å². The van der Waals surface area contributed by atoms with Crippen molar-refractivity contribution in [1.29, 1.82) is 0 Å². The molecule has 8 aromatic rings. The first-order valence-electron chi connectivity index (χ1n) is 14.9. The van der Waals surface area contributed by atoms with Crippen molar-refractivity contribution in [3.8, 4) is 11.1 Å². The minimum Gasteiger partial charge on any atom is -0.456 e. The number of nitrogens with zero attached hydrogens (tertiary/aromatic N) is 1. The monoisotopic (exact) mass is 551 g/mol. The Balaban J connectivity index is 1.35. The van der Waals surface area contributed by atoms with Crippen LogP contribution in [0.15, 0.2) is 144 Å². The molecule has 0 saturated carbocycles. The van der Waals surface area contributed by atoms with Gasteiger partial charge in [0.15, 0.2) is 0 Å². The maximum Gasteiger partial charge on any atom is 0.135 e. The molecule has 0 spiro atoms. The molecule has 1 aromatic heterocycles. The van der Waals surface area contributed by atoms with E-state index in [1.165, 1.54) is 43.8 Å². The fourth-order valence-electron chi connectivity index (χ4n) is 7.33. The van der Waals surface area contributed by atoms with Crippen LogP contribution in [0.3, 0.4) is 0 Å². The van der Waals surface area contributed by atoms with Crippen LogP contribution in [0.25, 0.3) is 54.6 Å². The fraction of sp³-hybridized carbons (Fsp3) is 0.0732. The van der Waals surface area contributed by atoms with E-state index in [0.29, 0.717) is 0 Å². The van der Waals surface area contributed by atoms with Gasteiger partial charge in [-0.3, -0.25) is 0 Å². The van der Waals surface area contributed by atoms with Crippen molar-refractivity contribution in [2.75, 3.05) is 4.90 Å². The highest BCUT2D eigenvalue weighted by Gasteiger charge is 2.35. The fourth-order valence-corrected chi connectivity index (χ4v) is 7.33. The third-order valence-electron chi connectivity index (χ3n) is 9.43. The molecule has 0 fully saturated rings. The molecule has 7 aromatic carbocycles. The molecule has 2 nitrogen and oxygen atoms in total. The average Bonchev–Trinajstić information content (AvgIpc) is 3.53. The van der Waals surface area contributed by atoms with Gasteiger partial charge in [0.25, 0.3) is 0 Å². The van der Waals surface area contributed by atoms with Crippen LogP contribution in [0.5, 0.6) is 0 Å². The summed E-state index contributed by atoms with van der Waals surface area (Å²) in [7, 11) is 0. The Hall–Kier alpha value is -5.34. The molecule has 1 aliphatic rings. The molecule has 0 bridgehead atoms. The van der Waals surface area contributed by atoms with Crippen LogP contribution in [0.4, 0.5) is 17.1 Å². The zero-order valence-electron chi connectivity index (χ0n) is 24.1. The quantitative estimate of drug-likeness (QED) is 0.203. The molecule has 0 unspecified atom stereocenters. The summed E-state index contributed by atoms with van der Waals surface area (Å²) in [5, 5.41) is 7.23. The normalized spacial score (nSPS) is 13.5. The van der Waals surface area contributed by atoms with Gasteiger partial charge < -0.3 is 9.32 Å². The molecule has 43 heavy (non-hydrogen) atoms. The van der Waals surface area contributed by atoms with E-state index in [2.05, 4.69) is 146 Å². The molecule has 0 radical (unpaired) electrons. The highest BCUT2D eigenvalue weighted by molar-refractivity contribution is 6.15. The van der Waals surface area contributed by atoms with Crippen LogP contribution in [-0.4, -0.2) is 0 Å². The smallest absolute Gasteiger partial charge is 0.135 e. The Morgan fingerprint density at radius 2 is 1.09 bits per heavy atom. The number of rotatable bonds is 3. The van der Waals surface area contributed by atoms with Crippen molar-refractivity contribution in [3.05, 3.63) is 151 Å².